The van der Waals surface area contributed by atoms with E-state index in [0.717, 1.165) is 0 Å². The lowest BCUT2D eigenvalue weighted by Crippen LogP contribution is -2.27. The Morgan fingerprint density at radius 3 is 2.72 bits per heavy atom. The molecule has 170 valence electrons. The number of benzene rings is 1. The van der Waals surface area contributed by atoms with Gasteiger partial charge in [0.2, 0.25) is 15.9 Å². The number of rotatable bonds is 9. The van der Waals surface area contributed by atoms with Crippen LogP contribution in [-0.2, 0) is 32.7 Å². The standard InChI is InChI=1S/C21H23N3O6S2/c1-4-24(15(3)25)21-23-16(13-31-21)12-30-20(26)19-10-18(8-7-14(19)2)32(27,28)22-11-17-6-5-9-29-17/h5-10,13,22H,4,11-12H2,1-3H3. The number of ether oxygens (including phenoxy) is 1. The van der Waals surface area contributed by atoms with Crippen molar-refractivity contribution in [2.24, 2.45) is 0 Å². The molecule has 1 amide bonds. The molecule has 0 aliphatic heterocycles. The molecule has 3 rings (SSSR count). The van der Waals surface area contributed by atoms with Crippen LogP contribution in [0.15, 0.2) is 51.3 Å². The van der Waals surface area contributed by atoms with Gasteiger partial charge in [-0.3, -0.25) is 9.69 Å². The summed E-state index contributed by atoms with van der Waals surface area (Å²) in [6, 6.07) is 7.56. The van der Waals surface area contributed by atoms with E-state index in [1.54, 1.807) is 30.5 Å². The molecule has 0 fully saturated rings. The first-order chi connectivity index (χ1) is 15.2. The van der Waals surface area contributed by atoms with Crippen LogP contribution < -0.4 is 9.62 Å². The zero-order chi connectivity index (χ0) is 23.3. The predicted octanol–water partition coefficient (Wildman–Crippen LogP) is 3.25. The van der Waals surface area contributed by atoms with Crippen molar-refractivity contribution in [1.29, 1.82) is 0 Å². The average Bonchev–Trinajstić information content (AvgIpc) is 3.43. The molecule has 0 bridgehead atoms. The largest absolute Gasteiger partial charge is 0.468 e. The van der Waals surface area contributed by atoms with E-state index in [4.69, 9.17) is 9.15 Å². The van der Waals surface area contributed by atoms with Crippen molar-refractivity contribution in [3.05, 3.63) is 64.6 Å². The Hall–Kier alpha value is -3.02. The maximum atomic E-state index is 12.6. The number of aromatic nitrogens is 1. The van der Waals surface area contributed by atoms with Crippen molar-refractivity contribution >= 4 is 38.4 Å². The number of carbonyl (C=O) groups excluding carboxylic acids is 2. The minimum Gasteiger partial charge on any atom is -0.468 e. The van der Waals surface area contributed by atoms with Crippen LogP contribution in [0.3, 0.4) is 0 Å². The number of hydrogen-bond donors (Lipinski definition) is 1. The van der Waals surface area contributed by atoms with Gasteiger partial charge in [0, 0.05) is 18.8 Å². The number of nitrogens with zero attached hydrogens (tertiary/aromatic N) is 2. The fourth-order valence-corrected chi connectivity index (χ4v) is 4.78. The second-order valence-electron chi connectivity index (χ2n) is 6.84. The molecule has 3 aromatic rings. The monoisotopic (exact) mass is 477 g/mol. The van der Waals surface area contributed by atoms with Crippen LogP contribution in [0.4, 0.5) is 5.13 Å². The summed E-state index contributed by atoms with van der Waals surface area (Å²) < 4.78 is 38.1. The quantitative estimate of drug-likeness (QED) is 0.470. The van der Waals surface area contributed by atoms with Crippen LogP contribution >= 0.6 is 11.3 Å². The molecule has 1 N–H and O–H groups in total. The van der Waals surface area contributed by atoms with Crippen LogP contribution in [-0.4, -0.2) is 31.8 Å². The van der Waals surface area contributed by atoms with E-state index >= 15 is 0 Å². The molecule has 0 saturated heterocycles. The minimum absolute atomic E-state index is 0.00973. The number of hydrogen-bond acceptors (Lipinski definition) is 8. The Kier molecular flexibility index (Phi) is 7.44. The van der Waals surface area contributed by atoms with Crippen LogP contribution in [0, 0.1) is 6.92 Å². The maximum Gasteiger partial charge on any atom is 0.338 e. The number of sulfonamides is 1. The fraction of sp³-hybridized carbons (Fsp3) is 0.286. The highest BCUT2D eigenvalue weighted by Crippen LogP contribution is 2.22. The van der Waals surface area contributed by atoms with Gasteiger partial charge in [0.1, 0.15) is 12.4 Å². The molecule has 0 aliphatic carbocycles. The van der Waals surface area contributed by atoms with E-state index in [0.29, 0.717) is 28.7 Å². The number of amides is 1. The number of thiazole rings is 1. The molecular weight excluding hydrogens is 454 g/mol. The number of furan rings is 1. The Morgan fingerprint density at radius 1 is 1.28 bits per heavy atom. The molecule has 0 unspecified atom stereocenters. The zero-order valence-electron chi connectivity index (χ0n) is 17.8. The molecule has 0 saturated carbocycles. The molecule has 32 heavy (non-hydrogen) atoms. The highest BCUT2D eigenvalue weighted by molar-refractivity contribution is 7.89. The SMILES string of the molecule is CCN(C(C)=O)c1nc(COC(=O)c2cc(S(=O)(=O)NCc3ccco3)ccc2C)cs1. The van der Waals surface area contributed by atoms with Gasteiger partial charge < -0.3 is 9.15 Å². The molecule has 11 heteroatoms. The Balaban J connectivity index is 1.69. The number of carbonyl (C=O) groups is 2. The first-order valence-electron chi connectivity index (χ1n) is 9.73. The van der Waals surface area contributed by atoms with Crippen molar-refractivity contribution in [3.8, 4) is 0 Å². The summed E-state index contributed by atoms with van der Waals surface area (Å²) in [6.45, 7) is 5.36. The zero-order valence-corrected chi connectivity index (χ0v) is 19.5. The van der Waals surface area contributed by atoms with Gasteiger partial charge in [-0.2, -0.15) is 0 Å². The summed E-state index contributed by atoms with van der Waals surface area (Å²) >= 11 is 1.28. The minimum atomic E-state index is -3.86. The molecule has 0 radical (unpaired) electrons. The third-order valence-electron chi connectivity index (χ3n) is 4.57. The summed E-state index contributed by atoms with van der Waals surface area (Å²) in [5.74, 6) is -0.326. The lowest BCUT2D eigenvalue weighted by Gasteiger charge is -2.14. The summed E-state index contributed by atoms with van der Waals surface area (Å²) in [6.07, 6.45) is 1.45. The van der Waals surface area contributed by atoms with Gasteiger partial charge in [-0.05, 0) is 43.7 Å². The van der Waals surface area contributed by atoms with Gasteiger partial charge >= 0.3 is 5.97 Å². The van der Waals surface area contributed by atoms with Crippen molar-refractivity contribution in [3.63, 3.8) is 0 Å². The second-order valence-corrected chi connectivity index (χ2v) is 9.44. The van der Waals surface area contributed by atoms with Gasteiger partial charge in [-0.1, -0.05) is 6.07 Å². The van der Waals surface area contributed by atoms with Crippen molar-refractivity contribution < 1.29 is 27.2 Å². The summed E-state index contributed by atoms with van der Waals surface area (Å²) in [5, 5.41) is 2.23. The Morgan fingerprint density at radius 2 is 2.06 bits per heavy atom. The Labute approximate surface area is 190 Å². The van der Waals surface area contributed by atoms with E-state index in [2.05, 4.69) is 9.71 Å². The second kappa shape index (κ2) is 10.1. The Bertz CT molecular complexity index is 1200. The van der Waals surface area contributed by atoms with Crippen molar-refractivity contribution in [2.45, 2.75) is 38.8 Å². The van der Waals surface area contributed by atoms with Gasteiger partial charge in [-0.25, -0.2) is 22.9 Å². The first-order valence-corrected chi connectivity index (χ1v) is 12.1. The molecule has 9 nitrogen and oxygen atoms in total. The fourth-order valence-electron chi connectivity index (χ4n) is 2.85. The molecule has 2 aromatic heterocycles. The van der Waals surface area contributed by atoms with Crippen LogP contribution in [0.2, 0.25) is 0 Å². The maximum absolute atomic E-state index is 12.6. The van der Waals surface area contributed by atoms with E-state index < -0.39 is 16.0 Å². The first kappa shape index (κ1) is 23.6. The predicted molar refractivity (Wildman–Crippen MR) is 119 cm³/mol. The topological polar surface area (TPSA) is 119 Å². The van der Waals surface area contributed by atoms with Gasteiger partial charge in [0.25, 0.3) is 0 Å². The van der Waals surface area contributed by atoms with Gasteiger partial charge in [-0.15, -0.1) is 11.3 Å². The van der Waals surface area contributed by atoms with Crippen LogP contribution in [0.1, 0.15) is 41.2 Å². The lowest BCUT2D eigenvalue weighted by molar-refractivity contribution is -0.116. The van der Waals surface area contributed by atoms with Gasteiger partial charge in [0.15, 0.2) is 5.13 Å². The molecule has 0 aliphatic rings. The highest BCUT2D eigenvalue weighted by atomic mass is 32.2. The molecular formula is C21H23N3O6S2. The third kappa shape index (κ3) is 5.61. The van der Waals surface area contributed by atoms with E-state index in [9.17, 15) is 18.0 Å². The molecule has 1 aromatic carbocycles. The summed E-state index contributed by atoms with van der Waals surface area (Å²) in [5.41, 5.74) is 1.22. The van der Waals surface area contributed by atoms with Crippen molar-refractivity contribution in [2.75, 3.05) is 11.4 Å². The van der Waals surface area contributed by atoms with E-state index in [1.165, 1.54) is 41.6 Å². The summed E-state index contributed by atoms with van der Waals surface area (Å²) in [7, 11) is -3.86. The number of esters is 1. The average molecular weight is 478 g/mol. The molecule has 0 atom stereocenters. The highest BCUT2D eigenvalue weighted by Gasteiger charge is 2.20. The normalized spacial score (nSPS) is 11.3. The number of aryl methyl sites for hydroxylation is 1. The van der Waals surface area contributed by atoms with Crippen LogP contribution in [0.25, 0.3) is 0 Å². The van der Waals surface area contributed by atoms with E-state index in [1.807, 2.05) is 6.92 Å². The van der Waals surface area contributed by atoms with Crippen molar-refractivity contribution in [1.82, 2.24) is 9.71 Å². The van der Waals surface area contributed by atoms with E-state index in [-0.39, 0.29) is 29.5 Å². The number of nitrogens with one attached hydrogen (secondary N) is 1. The molecule has 0 spiro atoms. The smallest absolute Gasteiger partial charge is 0.338 e. The lowest BCUT2D eigenvalue weighted by atomic mass is 10.1. The van der Waals surface area contributed by atoms with Gasteiger partial charge in [0.05, 0.1) is 29.0 Å². The molecule has 2 heterocycles. The summed E-state index contributed by atoms with van der Waals surface area (Å²) in [4.78, 5) is 30.1. The third-order valence-corrected chi connectivity index (χ3v) is 6.89. The number of anilines is 1. The van der Waals surface area contributed by atoms with Crippen LogP contribution in [0.5, 0.6) is 0 Å².